The molecule has 6 nitrogen and oxygen atoms in total. The summed E-state index contributed by atoms with van der Waals surface area (Å²) in [5, 5.41) is 3.50. The van der Waals surface area contributed by atoms with E-state index >= 15 is 0 Å². The summed E-state index contributed by atoms with van der Waals surface area (Å²) in [5.74, 6) is 1.68. The Morgan fingerprint density at radius 3 is 2.70 bits per heavy atom. The molecule has 1 aromatic carbocycles. The monoisotopic (exact) mass is 331 g/mol. The molecule has 0 unspecified atom stereocenters. The van der Waals surface area contributed by atoms with Crippen LogP contribution in [0.5, 0.6) is 11.5 Å². The predicted octanol–water partition coefficient (Wildman–Crippen LogP) is 2.23. The van der Waals surface area contributed by atoms with Crippen molar-refractivity contribution in [3.63, 3.8) is 0 Å². The summed E-state index contributed by atoms with van der Waals surface area (Å²) in [6.45, 7) is 4.53. The van der Waals surface area contributed by atoms with Gasteiger partial charge in [0.05, 0.1) is 5.75 Å². The molecule has 0 aliphatic carbocycles. The summed E-state index contributed by atoms with van der Waals surface area (Å²) in [7, 11) is 0. The van der Waals surface area contributed by atoms with Crippen molar-refractivity contribution in [2.75, 3.05) is 12.5 Å². The van der Waals surface area contributed by atoms with Gasteiger partial charge in [0.2, 0.25) is 12.7 Å². The zero-order valence-electron chi connectivity index (χ0n) is 13.0. The summed E-state index contributed by atoms with van der Waals surface area (Å²) in [5.41, 5.74) is 2.77. The molecule has 2 aromatic rings. The van der Waals surface area contributed by atoms with Gasteiger partial charge in [0.15, 0.2) is 16.7 Å². The molecule has 3 rings (SSSR count). The van der Waals surface area contributed by atoms with Gasteiger partial charge in [-0.1, -0.05) is 17.8 Å². The first-order chi connectivity index (χ1) is 11.1. The standard InChI is InChI=1S/C16H17N3O3S/c1-10-5-11(2)19-16(18-10)23-8-15(20)17-7-12-3-4-13-14(6-12)22-9-21-13/h3-6H,7-9H2,1-2H3,(H,17,20). The lowest BCUT2D eigenvalue weighted by molar-refractivity contribution is -0.118. The van der Waals surface area contributed by atoms with Crippen LogP contribution < -0.4 is 14.8 Å². The number of benzene rings is 1. The molecule has 1 aliphatic heterocycles. The van der Waals surface area contributed by atoms with E-state index in [0.29, 0.717) is 11.7 Å². The maximum atomic E-state index is 11.9. The maximum Gasteiger partial charge on any atom is 0.231 e. The number of aryl methyl sites for hydroxylation is 2. The van der Waals surface area contributed by atoms with Crippen LogP contribution >= 0.6 is 11.8 Å². The fraction of sp³-hybridized carbons (Fsp3) is 0.312. The Kier molecular flexibility index (Phi) is 4.66. The Morgan fingerprint density at radius 1 is 1.17 bits per heavy atom. The predicted molar refractivity (Wildman–Crippen MR) is 86.6 cm³/mol. The van der Waals surface area contributed by atoms with Crippen LogP contribution in [0.4, 0.5) is 0 Å². The van der Waals surface area contributed by atoms with Crippen LogP contribution in [0, 0.1) is 13.8 Å². The minimum absolute atomic E-state index is 0.0598. The van der Waals surface area contributed by atoms with Gasteiger partial charge in [-0.05, 0) is 37.6 Å². The van der Waals surface area contributed by atoms with Crippen molar-refractivity contribution >= 4 is 17.7 Å². The molecule has 0 saturated carbocycles. The van der Waals surface area contributed by atoms with E-state index in [4.69, 9.17) is 9.47 Å². The molecule has 1 N–H and O–H groups in total. The first-order valence-corrected chi connectivity index (χ1v) is 8.19. The van der Waals surface area contributed by atoms with Crippen molar-refractivity contribution in [3.05, 3.63) is 41.2 Å². The smallest absolute Gasteiger partial charge is 0.231 e. The van der Waals surface area contributed by atoms with Gasteiger partial charge in [-0.25, -0.2) is 9.97 Å². The minimum Gasteiger partial charge on any atom is -0.454 e. The number of thioether (sulfide) groups is 1. The largest absolute Gasteiger partial charge is 0.454 e. The summed E-state index contributed by atoms with van der Waals surface area (Å²) < 4.78 is 10.6. The molecule has 0 spiro atoms. The van der Waals surface area contributed by atoms with E-state index in [1.807, 2.05) is 38.1 Å². The molecule has 0 bridgehead atoms. The number of rotatable bonds is 5. The quantitative estimate of drug-likeness (QED) is 0.669. The van der Waals surface area contributed by atoms with E-state index in [9.17, 15) is 4.79 Å². The van der Waals surface area contributed by atoms with Gasteiger partial charge in [-0.2, -0.15) is 0 Å². The van der Waals surface area contributed by atoms with Gasteiger partial charge in [0.1, 0.15) is 0 Å². The molecule has 1 amide bonds. The first kappa shape index (κ1) is 15.6. The summed E-state index contributed by atoms with van der Waals surface area (Å²) in [4.78, 5) is 20.6. The van der Waals surface area contributed by atoms with Crippen molar-refractivity contribution in [2.45, 2.75) is 25.5 Å². The number of carbonyl (C=O) groups excluding carboxylic acids is 1. The molecule has 0 radical (unpaired) electrons. The van der Waals surface area contributed by atoms with Crippen molar-refractivity contribution in [1.29, 1.82) is 0 Å². The highest BCUT2D eigenvalue weighted by molar-refractivity contribution is 7.99. The van der Waals surface area contributed by atoms with E-state index < -0.39 is 0 Å². The van der Waals surface area contributed by atoms with Gasteiger partial charge in [0, 0.05) is 17.9 Å². The van der Waals surface area contributed by atoms with Crippen molar-refractivity contribution in [1.82, 2.24) is 15.3 Å². The van der Waals surface area contributed by atoms with Crippen molar-refractivity contribution in [2.24, 2.45) is 0 Å². The number of hydrogen-bond donors (Lipinski definition) is 1. The third kappa shape index (κ3) is 4.13. The molecule has 120 valence electrons. The second-order valence-corrected chi connectivity index (χ2v) is 6.13. The van der Waals surface area contributed by atoms with Crippen LogP contribution in [0.3, 0.4) is 0 Å². The lowest BCUT2D eigenvalue weighted by atomic mass is 10.2. The van der Waals surface area contributed by atoms with E-state index in [0.717, 1.165) is 28.5 Å². The Labute approximate surface area is 138 Å². The summed E-state index contributed by atoms with van der Waals surface area (Å²) in [6.07, 6.45) is 0. The van der Waals surface area contributed by atoms with E-state index in [2.05, 4.69) is 15.3 Å². The number of aromatic nitrogens is 2. The molecular formula is C16H17N3O3S. The summed E-state index contributed by atoms with van der Waals surface area (Å²) in [6, 6.07) is 7.54. The molecule has 1 aliphatic rings. The molecule has 23 heavy (non-hydrogen) atoms. The number of amides is 1. The second-order valence-electron chi connectivity index (χ2n) is 5.19. The van der Waals surface area contributed by atoms with Gasteiger partial charge in [0.25, 0.3) is 0 Å². The minimum atomic E-state index is -0.0598. The first-order valence-electron chi connectivity index (χ1n) is 7.20. The average Bonchev–Trinajstić information content (AvgIpc) is 2.97. The highest BCUT2D eigenvalue weighted by Gasteiger charge is 2.13. The molecule has 0 saturated heterocycles. The van der Waals surface area contributed by atoms with E-state index in [-0.39, 0.29) is 18.5 Å². The molecule has 1 aromatic heterocycles. The highest BCUT2D eigenvalue weighted by atomic mass is 32.2. The Hall–Kier alpha value is -2.28. The molecule has 7 heteroatoms. The number of hydrogen-bond acceptors (Lipinski definition) is 6. The molecule has 2 heterocycles. The Morgan fingerprint density at radius 2 is 1.91 bits per heavy atom. The number of nitrogens with one attached hydrogen (secondary N) is 1. The lowest BCUT2D eigenvalue weighted by Crippen LogP contribution is -2.24. The van der Waals surface area contributed by atoms with E-state index in [1.165, 1.54) is 11.8 Å². The number of ether oxygens (including phenoxy) is 2. The van der Waals surface area contributed by atoms with Crippen molar-refractivity contribution in [3.8, 4) is 11.5 Å². The lowest BCUT2D eigenvalue weighted by Gasteiger charge is -2.06. The summed E-state index contributed by atoms with van der Waals surface area (Å²) >= 11 is 1.33. The Balaban J connectivity index is 1.49. The third-order valence-corrected chi connectivity index (χ3v) is 4.07. The number of fused-ring (bicyclic) bond motifs is 1. The van der Waals surface area contributed by atoms with Crippen LogP contribution in [0.15, 0.2) is 29.4 Å². The normalized spacial score (nSPS) is 12.3. The SMILES string of the molecule is Cc1cc(C)nc(SCC(=O)NCc2ccc3c(c2)OCO3)n1. The van der Waals surface area contributed by atoms with E-state index in [1.54, 1.807) is 0 Å². The van der Waals surface area contributed by atoms with Crippen LogP contribution in [0.25, 0.3) is 0 Å². The maximum absolute atomic E-state index is 11.9. The van der Waals surface area contributed by atoms with Crippen molar-refractivity contribution < 1.29 is 14.3 Å². The van der Waals surface area contributed by atoms with Crippen LogP contribution in [0.2, 0.25) is 0 Å². The zero-order chi connectivity index (χ0) is 16.2. The molecule has 0 fully saturated rings. The van der Waals surface area contributed by atoms with Crippen LogP contribution in [-0.2, 0) is 11.3 Å². The second kappa shape index (κ2) is 6.87. The number of carbonyl (C=O) groups is 1. The highest BCUT2D eigenvalue weighted by Crippen LogP contribution is 2.32. The molecule has 0 atom stereocenters. The fourth-order valence-electron chi connectivity index (χ4n) is 2.19. The average molecular weight is 331 g/mol. The van der Waals surface area contributed by atoms with Gasteiger partial charge >= 0.3 is 0 Å². The van der Waals surface area contributed by atoms with Gasteiger partial charge in [-0.3, -0.25) is 4.79 Å². The van der Waals surface area contributed by atoms with Crippen LogP contribution in [-0.4, -0.2) is 28.4 Å². The topological polar surface area (TPSA) is 73.3 Å². The molecular weight excluding hydrogens is 314 g/mol. The number of nitrogens with zero attached hydrogens (tertiary/aromatic N) is 2. The zero-order valence-corrected chi connectivity index (χ0v) is 13.8. The van der Waals surface area contributed by atoms with Gasteiger partial charge < -0.3 is 14.8 Å². The Bertz CT molecular complexity index is 716. The van der Waals surface area contributed by atoms with Gasteiger partial charge in [-0.15, -0.1) is 0 Å². The fourth-order valence-corrected chi connectivity index (χ4v) is 2.97. The van der Waals surface area contributed by atoms with Crippen LogP contribution in [0.1, 0.15) is 17.0 Å². The third-order valence-electron chi connectivity index (χ3n) is 3.22.